The molecule has 0 aliphatic heterocycles. The van der Waals surface area contributed by atoms with Crippen LogP contribution in [0.25, 0.3) is 0 Å². The maximum absolute atomic E-state index is 9.07. The van der Waals surface area contributed by atoms with E-state index >= 15 is 0 Å². The number of hydrogen-bond donors (Lipinski definition) is 3. The van der Waals surface area contributed by atoms with Crippen molar-refractivity contribution in [1.29, 1.82) is 0 Å². The summed E-state index contributed by atoms with van der Waals surface area (Å²) < 4.78 is 0. The molecule has 0 fully saturated rings. The van der Waals surface area contributed by atoms with Gasteiger partial charge in [-0.05, 0) is 20.0 Å². The minimum absolute atomic E-state index is 0. The third-order valence-electron chi connectivity index (χ3n) is 5.23. The minimum atomic E-state index is 0. The fourth-order valence-electron chi connectivity index (χ4n) is 3.33. The summed E-state index contributed by atoms with van der Waals surface area (Å²) in [6.45, 7) is 4.45. The van der Waals surface area contributed by atoms with E-state index in [0.717, 1.165) is 13.1 Å². The number of likely N-dealkylation sites (N-methyl/N-ethyl adjacent to an activating group) is 1. The lowest BCUT2D eigenvalue weighted by Gasteiger charge is -2.13. The van der Waals surface area contributed by atoms with Gasteiger partial charge in [-0.3, -0.25) is 0 Å². The van der Waals surface area contributed by atoms with E-state index in [2.05, 4.69) is 17.6 Å². The summed E-state index contributed by atoms with van der Waals surface area (Å²) in [5.74, 6) is 0. The van der Waals surface area contributed by atoms with Crippen molar-refractivity contribution < 1.29 is 5.11 Å². The van der Waals surface area contributed by atoms with Crippen LogP contribution in [-0.4, -0.2) is 37.9 Å². The molecular formula is C22H49ClN2O. The van der Waals surface area contributed by atoms with Gasteiger partial charge in [0.05, 0.1) is 6.61 Å². The zero-order valence-electron chi connectivity index (χ0n) is 17.9. The van der Waals surface area contributed by atoms with Crippen molar-refractivity contribution in [3.05, 3.63) is 0 Å². The molecule has 4 heteroatoms. The first kappa shape index (κ1) is 28.4. The predicted octanol–water partition coefficient (Wildman–Crippen LogP) is 5.84. The zero-order chi connectivity index (χ0) is 18.4. The monoisotopic (exact) mass is 392 g/mol. The Morgan fingerprint density at radius 3 is 1.38 bits per heavy atom. The summed E-state index contributed by atoms with van der Waals surface area (Å²) in [5.41, 5.74) is 0. The molecule has 0 radical (unpaired) electrons. The van der Waals surface area contributed by atoms with Crippen LogP contribution in [0.15, 0.2) is 0 Å². The first-order valence-corrected chi connectivity index (χ1v) is 11.3. The fraction of sp³-hybridized carbons (Fsp3) is 1.00. The smallest absolute Gasteiger partial charge is 0.0596 e. The van der Waals surface area contributed by atoms with E-state index in [0.29, 0.717) is 0 Å². The first-order valence-electron chi connectivity index (χ1n) is 11.3. The quantitative estimate of drug-likeness (QED) is 0.215. The standard InChI is InChI=1S/C22H48N2O.ClH/c1-3-4-5-6-7-8-9-10-11-12-13-14-15-16-17-18-19-24-20-22(21-25)23-2;/h22-25H,3-21H2,1-2H3;1H/t22-;/m0./s1. The van der Waals surface area contributed by atoms with E-state index in [1.165, 1.54) is 103 Å². The summed E-state index contributed by atoms with van der Waals surface area (Å²) in [6.07, 6.45) is 22.7. The number of hydrogen-bond acceptors (Lipinski definition) is 3. The van der Waals surface area contributed by atoms with Gasteiger partial charge in [0.1, 0.15) is 0 Å². The minimum Gasteiger partial charge on any atom is -0.395 e. The topological polar surface area (TPSA) is 44.3 Å². The zero-order valence-corrected chi connectivity index (χ0v) is 18.7. The predicted molar refractivity (Wildman–Crippen MR) is 120 cm³/mol. The van der Waals surface area contributed by atoms with Crippen molar-refractivity contribution in [2.75, 3.05) is 26.7 Å². The third-order valence-corrected chi connectivity index (χ3v) is 5.23. The lowest BCUT2D eigenvalue weighted by atomic mass is 10.0. The molecule has 0 amide bonds. The molecule has 0 aromatic carbocycles. The number of aliphatic hydroxyl groups excluding tert-OH is 1. The molecule has 3 nitrogen and oxygen atoms in total. The Bertz CT molecular complexity index is 238. The van der Waals surface area contributed by atoms with Crippen molar-refractivity contribution in [1.82, 2.24) is 10.6 Å². The molecule has 0 aromatic rings. The second-order valence-electron chi connectivity index (χ2n) is 7.68. The first-order chi connectivity index (χ1) is 12.3. The number of halogens is 1. The molecule has 0 unspecified atom stereocenters. The van der Waals surface area contributed by atoms with Crippen LogP contribution < -0.4 is 10.6 Å². The van der Waals surface area contributed by atoms with Crippen LogP contribution >= 0.6 is 12.4 Å². The highest BCUT2D eigenvalue weighted by Crippen LogP contribution is 2.13. The molecule has 3 N–H and O–H groups in total. The van der Waals surface area contributed by atoms with Crippen molar-refractivity contribution in [2.24, 2.45) is 0 Å². The molecule has 0 aliphatic carbocycles. The van der Waals surface area contributed by atoms with Gasteiger partial charge >= 0.3 is 0 Å². The summed E-state index contributed by atoms with van der Waals surface area (Å²) in [6, 6.07) is 0.195. The molecule has 1 atom stereocenters. The van der Waals surface area contributed by atoms with Crippen LogP contribution in [0.1, 0.15) is 110 Å². The second-order valence-corrected chi connectivity index (χ2v) is 7.68. The summed E-state index contributed by atoms with van der Waals surface area (Å²) in [4.78, 5) is 0. The average molecular weight is 393 g/mol. The van der Waals surface area contributed by atoms with E-state index in [1.54, 1.807) is 0 Å². The Morgan fingerprint density at radius 1 is 0.654 bits per heavy atom. The number of unbranched alkanes of at least 4 members (excludes halogenated alkanes) is 15. The summed E-state index contributed by atoms with van der Waals surface area (Å²) in [7, 11) is 1.90. The normalized spacial score (nSPS) is 12.1. The van der Waals surface area contributed by atoms with Gasteiger partial charge in [0.25, 0.3) is 0 Å². The molecule has 0 spiro atoms. The Kier molecular flexibility index (Phi) is 27.5. The van der Waals surface area contributed by atoms with E-state index in [9.17, 15) is 0 Å². The van der Waals surface area contributed by atoms with Crippen LogP contribution in [0.4, 0.5) is 0 Å². The molecule has 160 valence electrons. The van der Waals surface area contributed by atoms with Crippen molar-refractivity contribution >= 4 is 12.4 Å². The molecule has 0 saturated heterocycles. The van der Waals surface area contributed by atoms with Gasteiger partial charge in [0.2, 0.25) is 0 Å². The van der Waals surface area contributed by atoms with Crippen LogP contribution in [-0.2, 0) is 0 Å². The lowest BCUT2D eigenvalue weighted by Crippen LogP contribution is -2.39. The summed E-state index contributed by atoms with van der Waals surface area (Å²) in [5, 5.41) is 15.6. The molecule has 0 heterocycles. The highest BCUT2D eigenvalue weighted by atomic mass is 35.5. The largest absolute Gasteiger partial charge is 0.395 e. The van der Waals surface area contributed by atoms with Gasteiger partial charge < -0.3 is 15.7 Å². The van der Waals surface area contributed by atoms with Crippen molar-refractivity contribution in [3.63, 3.8) is 0 Å². The molecular weight excluding hydrogens is 344 g/mol. The van der Waals surface area contributed by atoms with Gasteiger partial charge in [-0.1, -0.05) is 103 Å². The molecule has 26 heavy (non-hydrogen) atoms. The Morgan fingerprint density at radius 2 is 1.04 bits per heavy atom. The molecule has 0 rings (SSSR count). The van der Waals surface area contributed by atoms with Crippen molar-refractivity contribution in [3.8, 4) is 0 Å². The van der Waals surface area contributed by atoms with E-state index in [1.807, 2.05) is 7.05 Å². The van der Waals surface area contributed by atoms with Gasteiger partial charge in [-0.25, -0.2) is 0 Å². The van der Waals surface area contributed by atoms with Crippen LogP contribution in [0.2, 0.25) is 0 Å². The second kappa shape index (κ2) is 25.2. The number of aliphatic hydroxyl groups is 1. The lowest BCUT2D eigenvalue weighted by molar-refractivity contribution is 0.245. The molecule has 0 aliphatic rings. The Hall–Kier alpha value is 0.170. The van der Waals surface area contributed by atoms with Gasteiger partial charge in [-0.15, -0.1) is 12.4 Å². The Balaban J connectivity index is 0. The van der Waals surface area contributed by atoms with Crippen LogP contribution in [0, 0.1) is 0 Å². The average Bonchev–Trinajstić information content (AvgIpc) is 2.64. The maximum atomic E-state index is 9.07. The maximum Gasteiger partial charge on any atom is 0.0596 e. The fourth-order valence-corrected chi connectivity index (χ4v) is 3.33. The van der Waals surface area contributed by atoms with E-state index in [4.69, 9.17) is 5.11 Å². The van der Waals surface area contributed by atoms with Crippen LogP contribution in [0.3, 0.4) is 0 Å². The van der Waals surface area contributed by atoms with Crippen LogP contribution in [0.5, 0.6) is 0 Å². The number of rotatable bonds is 21. The van der Waals surface area contributed by atoms with E-state index in [-0.39, 0.29) is 25.1 Å². The van der Waals surface area contributed by atoms with Gasteiger partial charge in [-0.2, -0.15) is 0 Å². The summed E-state index contributed by atoms with van der Waals surface area (Å²) >= 11 is 0. The molecule has 0 saturated carbocycles. The van der Waals surface area contributed by atoms with Gasteiger partial charge in [0.15, 0.2) is 0 Å². The van der Waals surface area contributed by atoms with E-state index < -0.39 is 0 Å². The number of nitrogens with one attached hydrogen (secondary N) is 2. The van der Waals surface area contributed by atoms with Crippen molar-refractivity contribution in [2.45, 2.75) is 116 Å². The highest BCUT2D eigenvalue weighted by molar-refractivity contribution is 5.85. The highest BCUT2D eigenvalue weighted by Gasteiger charge is 2.01. The third kappa shape index (κ3) is 22.2. The molecule has 0 aromatic heterocycles. The Labute approximate surface area is 170 Å². The van der Waals surface area contributed by atoms with Gasteiger partial charge in [0, 0.05) is 12.6 Å². The molecule has 0 bridgehead atoms. The SMILES string of the molecule is CCCCCCCCCCCCCCCCCCNC[C@@H](CO)NC.Cl.